The molecule has 10 nitrogen and oxygen atoms in total. The lowest BCUT2D eigenvalue weighted by Gasteiger charge is -2.14. The molecule has 0 amide bonds. The van der Waals surface area contributed by atoms with Crippen LogP contribution < -0.4 is 22.8 Å². The lowest BCUT2D eigenvalue weighted by molar-refractivity contribution is -0.660. The summed E-state index contributed by atoms with van der Waals surface area (Å²) in [6.45, 7) is 34.2. The standard InChI is InChI=1S/C21H23N2.3C20H21N2.C15H19N2/c1-14-9-8-10-15(2)20(14)18-13-16(3)21(17(4)22-18)19-11-6-7-12-23(19)5;1-14-9-5-6-10-17(14)18-13-15(2)20(16(3)21-18)19-11-7-8-12-22(19)4;1-14-7-5-6-8-18(14)17-10-12-22(4)19(13-17)20-15(2)9-11-21-16(20)3;1-14-10-11-21-16(3)20(14)19-12-18(15(2)13-22(19)4)17-8-6-5-7-9-17;1-11(2)14-9-12(3)13(10-16-14)15-7-5-6-8-17(15)4/h6-13H,1-5H3;3*5-13H,1-4H3;5-11H,1-4H3/q5*+1. The van der Waals surface area contributed by atoms with Crippen molar-refractivity contribution in [2.24, 2.45) is 35.2 Å². The van der Waals surface area contributed by atoms with Crippen molar-refractivity contribution >= 4 is 0 Å². The van der Waals surface area contributed by atoms with Gasteiger partial charge in [0.05, 0.1) is 62.0 Å². The van der Waals surface area contributed by atoms with E-state index in [0.29, 0.717) is 5.92 Å². The van der Waals surface area contributed by atoms with Crippen molar-refractivity contribution in [3.63, 3.8) is 0 Å². The molecule has 0 radical (unpaired) electrons. The Hall–Kier alpha value is -11.6. The zero-order valence-corrected chi connectivity index (χ0v) is 66.2. The quantitative estimate of drug-likeness (QED) is 0.127. The number of hydrogen-bond acceptors (Lipinski definition) is 5. The minimum Gasteiger partial charge on any atom is -0.261 e. The monoisotopic (exact) mass is 1400 g/mol. The summed E-state index contributed by atoms with van der Waals surface area (Å²) in [4.78, 5) is 23.3. The first-order valence-electron chi connectivity index (χ1n) is 36.7. The molecule has 10 heterocycles. The Kier molecular flexibility index (Phi) is 25.3. The summed E-state index contributed by atoms with van der Waals surface area (Å²) in [5, 5.41) is 0. The molecule has 0 aliphatic heterocycles. The predicted molar refractivity (Wildman–Crippen MR) is 436 cm³/mol. The molecule has 4 aromatic carbocycles. The van der Waals surface area contributed by atoms with Gasteiger partial charge in [0.15, 0.2) is 31.0 Å². The number of benzene rings is 4. The van der Waals surface area contributed by atoms with Crippen molar-refractivity contribution in [2.45, 2.75) is 117 Å². The van der Waals surface area contributed by atoms with E-state index in [-0.39, 0.29) is 0 Å². The highest BCUT2D eigenvalue weighted by molar-refractivity contribution is 5.77. The number of aryl methyl sites for hydroxylation is 19. The molecule has 0 fully saturated rings. The molecule has 106 heavy (non-hydrogen) atoms. The van der Waals surface area contributed by atoms with Gasteiger partial charge in [-0.15, -0.1) is 0 Å². The topological polar surface area (TPSA) is 83.9 Å². The molecule has 0 aliphatic carbocycles. The van der Waals surface area contributed by atoms with E-state index < -0.39 is 0 Å². The zero-order chi connectivity index (χ0) is 76.0. The molecule has 0 aliphatic rings. The van der Waals surface area contributed by atoms with Crippen LogP contribution in [0.4, 0.5) is 0 Å². The fraction of sp³-hybridized carbons (Fsp3) is 0.229. The summed E-state index contributed by atoms with van der Waals surface area (Å²) in [6, 6.07) is 70.1. The third-order valence-corrected chi connectivity index (χ3v) is 20.0. The Labute approximate surface area is 630 Å². The van der Waals surface area contributed by atoms with Gasteiger partial charge in [-0.25, -0.2) is 22.8 Å². The van der Waals surface area contributed by atoms with Crippen LogP contribution in [0.2, 0.25) is 0 Å². The average molecular weight is 1400 g/mol. The largest absolute Gasteiger partial charge is 0.261 e. The fourth-order valence-corrected chi connectivity index (χ4v) is 14.3. The highest BCUT2D eigenvalue weighted by Crippen LogP contribution is 2.35. The van der Waals surface area contributed by atoms with Crippen molar-refractivity contribution in [1.82, 2.24) is 24.9 Å². The number of pyridine rings is 10. The molecule has 10 aromatic heterocycles. The average Bonchev–Trinajstić information content (AvgIpc) is 0.804. The van der Waals surface area contributed by atoms with Gasteiger partial charge < -0.3 is 0 Å². The smallest absolute Gasteiger partial charge is 0.215 e. The molecule has 14 rings (SSSR count). The van der Waals surface area contributed by atoms with Crippen LogP contribution in [0, 0.1) is 96.9 Å². The van der Waals surface area contributed by atoms with E-state index in [0.717, 1.165) is 39.9 Å². The van der Waals surface area contributed by atoms with E-state index in [4.69, 9.17) is 9.97 Å². The maximum atomic E-state index is 4.93. The van der Waals surface area contributed by atoms with Gasteiger partial charge in [0.1, 0.15) is 35.2 Å². The summed E-state index contributed by atoms with van der Waals surface area (Å²) >= 11 is 0. The normalized spacial score (nSPS) is 10.8. The Bertz CT molecular complexity index is 5350. The Morgan fingerprint density at radius 2 is 0.698 bits per heavy atom. The van der Waals surface area contributed by atoms with E-state index in [1.54, 1.807) is 0 Å². The Morgan fingerprint density at radius 3 is 1.19 bits per heavy atom. The highest BCUT2D eigenvalue weighted by atomic mass is 14.9. The SMILES string of the molecule is Cc1c[n+](C)c(-c2c(C)ccnc2C)cc1-c1ccccc1.Cc1cc(C(C)C)ncc1-c1cccc[n+]1C.Cc1cccc(C)c1-c1cc(C)c(-c2cccc[n+]2C)c(C)n1.Cc1ccccc1-c1cc(C)c(-c2cccc[n+]2C)c(C)n1.Cc1ccccc1-c1cc[n+](C)c(-c2c(C)ccnc2C)c1. The van der Waals surface area contributed by atoms with Crippen LogP contribution in [-0.4, -0.2) is 24.9 Å². The van der Waals surface area contributed by atoms with Gasteiger partial charge in [0, 0.05) is 95.6 Å². The van der Waals surface area contributed by atoms with Gasteiger partial charge in [-0.2, -0.15) is 0 Å². The Balaban J connectivity index is 0.000000142. The molecule has 0 spiro atoms. The first-order valence-corrected chi connectivity index (χ1v) is 36.7. The second kappa shape index (κ2) is 34.8. The van der Waals surface area contributed by atoms with Crippen LogP contribution in [0.3, 0.4) is 0 Å². The van der Waals surface area contributed by atoms with Crippen molar-refractivity contribution in [1.29, 1.82) is 0 Å². The number of hydrogen-bond donors (Lipinski definition) is 0. The van der Waals surface area contributed by atoms with Crippen LogP contribution in [0.1, 0.15) is 104 Å². The van der Waals surface area contributed by atoms with Gasteiger partial charge in [-0.3, -0.25) is 24.9 Å². The molecule has 0 atom stereocenters. The van der Waals surface area contributed by atoms with Crippen LogP contribution in [0.5, 0.6) is 0 Å². The first kappa shape index (κ1) is 77.0. The number of nitrogens with zero attached hydrogens (tertiary/aromatic N) is 10. The van der Waals surface area contributed by atoms with Crippen molar-refractivity contribution < 1.29 is 22.8 Å². The third-order valence-electron chi connectivity index (χ3n) is 20.0. The van der Waals surface area contributed by atoms with E-state index in [1.807, 2.05) is 36.8 Å². The fourth-order valence-electron chi connectivity index (χ4n) is 14.3. The van der Waals surface area contributed by atoms with E-state index in [1.165, 1.54) is 145 Å². The number of aromatic nitrogens is 10. The lowest BCUT2D eigenvalue weighted by atomic mass is 9.96. The molecule has 0 saturated carbocycles. The van der Waals surface area contributed by atoms with Crippen molar-refractivity contribution in [3.05, 3.63) is 334 Å². The van der Waals surface area contributed by atoms with Crippen LogP contribution in [-0.2, 0) is 35.2 Å². The van der Waals surface area contributed by atoms with Crippen LogP contribution >= 0.6 is 0 Å². The molecule has 0 unspecified atom stereocenters. The minimum absolute atomic E-state index is 0.479. The lowest BCUT2D eigenvalue weighted by Crippen LogP contribution is -2.31. The van der Waals surface area contributed by atoms with Crippen LogP contribution in [0.25, 0.3) is 101 Å². The summed E-state index contributed by atoms with van der Waals surface area (Å²) in [6.07, 6.45) is 16.3. The summed E-state index contributed by atoms with van der Waals surface area (Å²) in [7, 11) is 10.4. The van der Waals surface area contributed by atoms with Crippen molar-refractivity contribution in [3.8, 4) is 101 Å². The van der Waals surface area contributed by atoms with Gasteiger partial charge >= 0.3 is 0 Å². The molecule has 0 N–H and O–H groups in total. The summed E-state index contributed by atoms with van der Waals surface area (Å²) in [5.74, 6) is 0.479. The summed E-state index contributed by atoms with van der Waals surface area (Å²) in [5.41, 5.74) is 39.8. The third kappa shape index (κ3) is 17.9. The van der Waals surface area contributed by atoms with Gasteiger partial charge in [0.25, 0.3) is 0 Å². The maximum Gasteiger partial charge on any atom is 0.215 e. The Morgan fingerprint density at radius 1 is 0.264 bits per heavy atom. The second-order valence-corrected chi connectivity index (χ2v) is 28.5. The summed E-state index contributed by atoms with van der Waals surface area (Å²) < 4.78 is 10.8. The maximum absolute atomic E-state index is 4.93. The molecule has 534 valence electrons. The van der Waals surface area contributed by atoms with E-state index >= 15 is 0 Å². The molecular formula is C96H105N10+5. The zero-order valence-electron chi connectivity index (χ0n) is 66.2. The molecular weight excluding hydrogens is 1290 g/mol. The molecule has 10 heteroatoms. The highest BCUT2D eigenvalue weighted by Gasteiger charge is 2.23. The first-order chi connectivity index (χ1) is 50.8. The molecule has 0 saturated heterocycles. The van der Waals surface area contributed by atoms with Gasteiger partial charge in [-0.1, -0.05) is 111 Å². The molecule has 0 bridgehead atoms. The van der Waals surface area contributed by atoms with Gasteiger partial charge in [-0.05, 0) is 224 Å². The molecule has 14 aromatic rings. The van der Waals surface area contributed by atoms with E-state index in [2.05, 4.69) is 397 Å². The predicted octanol–water partition coefficient (Wildman–Crippen LogP) is 20.0. The van der Waals surface area contributed by atoms with E-state index in [9.17, 15) is 0 Å². The second-order valence-electron chi connectivity index (χ2n) is 28.5. The number of rotatable bonds is 10. The van der Waals surface area contributed by atoms with Gasteiger partial charge in [0.2, 0.25) is 28.5 Å². The van der Waals surface area contributed by atoms with Crippen molar-refractivity contribution in [2.75, 3.05) is 0 Å². The van der Waals surface area contributed by atoms with Crippen LogP contribution in [0.15, 0.2) is 250 Å². The minimum atomic E-state index is 0.479.